The van der Waals surface area contributed by atoms with Crippen molar-refractivity contribution in [1.82, 2.24) is 9.03 Å². The highest BCUT2D eigenvalue weighted by Gasteiger charge is 2.22. The third-order valence-electron chi connectivity index (χ3n) is 3.61. The normalized spacial score (nSPS) is 12.5. The Morgan fingerprint density at radius 2 is 1.75 bits per heavy atom. The van der Waals surface area contributed by atoms with Gasteiger partial charge in [0.15, 0.2) is 0 Å². The lowest BCUT2D eigenvalue weighted by Crippen LogP contribution is -2.27. The summed E-state index contributed by atoms with van der Waals surface area (Å²) in [6.07, 6.45) is 0. The predicted molar refractivity (Wildman–Crippen MR) is 99.4 cm³/mol. The van der Waals surface area contributed by atoms with E-state index < -0.39 is 26.7 Å². The molecule has 2 aromatic carbocycles. The summed E-state index contributed by atoms with van der Waals surface area (Å²) in [5, 5.41) is -0.307. The molecule has 7 nitrogen and oxygen atoms in total. The summed E-state index contributed by atoms with van der Waals surface area (Å²) < 4.78 is 81.7. The Bertz CT molecular complexity index is 1060. The highest BCUT2D eigenvalue weighted by molar-refractivity contribution is 7.89. The van der Waals surface area contributed by atoms with Crippen LogP contribution in [0.25, 0.3) is 0 Å². The summed E-state index contributed by atoms with van der Waals surface area (Å²) in [6.45, 7) is -3.41. The monoisotopic (exact) mass is 454 g/mol. The van der Waals surface area contributed by atoms with E-state index in [1.54, 1.807) is 6.07 Å². The van der Waals surface area contributed by atoms with Gasteiger partial charge in [0.25, 0.3) is 0 Å². The van der Waals surface area contributed by atoms with Gasteiger partial charge in [-0.2, -0.15) is 8.78 Å². The van der Waals surface area contributed by atoms with Crippen LogP contribution in [0.3, 0.4) is 0 Å². The van der Waals surface area contributed by atoms with Crippen LogP contribution in [0, 0.1) is 0 Å². The Labute approximate surface area is 167 Å². The average Bonchev–Trinajstić information content (AvgIpc) is 2.61. The minimum absolute atomic E-state index is 0.0404. The zero-order chi connectivity index (χ0) is 21.1. The van der Waals surface area contributed by atoms with Gasteiger partial charge in [-0.05, 0) is 29.8 Å². The fourth-order valence-electron chi connectivity index (χ4n) is 2.19. The maximum absolute atomic E-state index is 12.5. The molecule has 154 valence electrons. The van der Waals surface area contributed by atoms with E-state index in [4.69, 9.17) is 11.6 Å². The first-order valence-corrected chi connectivity index (χ1v) is 11.0. The van der Waals surface area contributed by atoms with Crippen LogP contribution in [0.15, 0.2) is 52.3 Å². The SMILES string of the molecule is CN(C)S(=O)(=O)c1ccccc1CNS(=O)(=O)c1ccc(OC(F)F)c(Cl)c1. The first-order chi connectivity index (χ1) is 12.9. The molecule has 0 unspecified atom stereocenters. The summed E-state index contributed by atoms with van der Waals surface area (Å²) in [4.78, 5) is -0.325. The van der Waals surface area contributed by atoms with E-state index >= 15 is 0 Å². The molecule has 0 atom stereocenters. The van der Waals surface area contributed by atoms with E-state index in [1.807, 2.05) is 0 Å². The van der Waals surface area contributed by atoms with Crippen LogP contribution in [0.1, 0.15) is 5.56 Å². The van der Waals surface area contributed by atoms with Crippen molar-refractivity contribution in [1.29, 1.82) is 0 Å². The van der Waals surface area contributed by atoms with Gasteiger partial charge in [0, 0.05) is 20.6 Å². The number of ether oxygens (including phenoxy) is 1. The van der Waals surface area contributed by atoms with E-state index in [-0.39, 0.29) is 32.7 Å². The maximum Gasteiger partial charge on any atom is 0.387 e. The number of hydrogen-bond acceptors (Lipinski definition) is 5. The van der Waals surface area contributed by atoms with Gasteiger partial charge in [-0.1, -0.05) is 29.8 Å². The molecule has 0 aromatic heterocycles. The topological polar surface area (TPSA) is 92.8 Å². The van der Waals surface area contributed by atoms with Crippen LogP contribution in [-0.4, -0.2) is 41.8 Å². The Morgan fingerprint density at radius 1 is 1.11 bits per heavy atom. The van der Waals surface area contributed by atoms with Crippen molar-refractivity contribution < 1.29 is 30.4 Å². The van der Waals surface area contributed by atoms with Crippen LogP contribution in [-0.2, 0) is 26.6 Å². The van der Waals surface area contributed by atoms with Crippen LogP contribution in [0.4, 0.5) is 8.78 Å². The maximum atomic E-state index is 12.5. The highest BCUT2D eigenvalue weighted by Crippen LogP contribution is 2.28. The molecule has 0 radical (unpaired) electrons. The standard InChI is InChI=1S/C16H17ClF2N2O5S2/c1-21(2)28(24,25)15-6-4-3-5-11(15)10-20-27(22,23)12-7-8-14(13(17)9-12)26-16(18)19/h3-9,16,20H,10H2,1-2H3. The first kappa shape index (κ1) is 22.5. The zero-order valence-electron chi connectivity index (χ0n) is 14.8. The molecule has 0 aliphatic rings. The number of halogens is 3. The molecule has 0 saturated heterocycles. The number of benzene rings is 2. The summed E-state index contributed by atoms with van der Waals surface area (Å²) in [6, 6.07) is 8.96. The van der Waals surface area contributed by atoms with Crippen molar-refractivity contribution in [3.8, 4) is 5.75 Å². The molecule has 12 heteroatoms. The van der Waals surface area contributed by atoms with Gasteiger partial charge in [-0.25, -0.2) is 25.9 Å². The molecule has 2 rings (SSSR count). The van der Waals surface area contributed by atoms with Gasteiger partial charge in [-0.3, -0.25) is 0 Å². The van der Waals surface area contributed by atoms with Gasteiger partial charge in [0.05, 0.1) is 14.8 Å². The average molecular weight is 455 g/mol. The number of sulfonamides is 2. The summed E-state index contributed by atoms with van der Waals surface area (Å²) in [5.41, 5.74) is 0.239. The molecule has 0 saturated carbocycles. The molecule has 0 amide bonds. The number of nitrogens with zero attached hydrogens (tertiary/aromatic N) is 1. The Kier molecular flexibility index (Phi) is 6.99. The quantitative estimate of drug-likeness (QED) is 0.662. The number of nitrogens with one attached hydrogen (secondary N) is 1. The van der Waals surface area contributed by atoms with Gasteiger partial charge >= 0.3 is 6.61 Å². The molecule has 0 spiro atoms. The molecular formula is C16H17ClF2N2O5S2. The minimum atomic E-state index is -4.09. The zero-order valence-corrected chi connectivity index (χ0v) is 17.2. The first-order valence-electron chi connectivity index (χ1n) is 7.69. The Balaban J connectivity index is 2.27. The second kappa shape index (κ2) is 8.70. The minimum Gasteiger partial charge on any atom is -0.433 e. The fourth-order valence-corrected chi connectivity index (χ4v) is 4.63. The number of hydrogen-bond donors (Lipinski definition) is 1. The molecule has 0 fully saturated rings. The summed E-state index contributed by atoms with van der Waals surface area (Å²) in [5.74, 6) is -0.363. The number of rotatable bonds is 8. The molecule has 0 heterocycles. The van der Waals surface area contributed by atoms with Gasteiger partial charge < -0.3 is 4.74 Å². The van der Waals surface area contributed by atoms with E-state index in [1.165, 1.54) is 32.3 Å². The summed E-state index contributed by atoms with van der Waals surface area (Å²) in [7, 11) is -5.14. The van der Waals surface area contributed by atoms with Crippen LogP contribution in [0.5, 0.6) is 5.75 Å². The van der Waals surface area contributed by atoms with Crippen molar-refractivity contribution >= 4 is 31.6 Å². The van der Waals surface area contributed by atoms with E-state index in [9.17, 15) is 25.6 Å². The second-order valence-electron chi connectivity index (χ2n) is 5.69. The van der Waals surface area contributed by atoms with E-state index in [2.05, 4.69) is 9.46 Å². The van der Waals surface area contributed by atoms with Crippen molar-refractivity contribution in [3.05, 3.63) is 53.1 Å². The lowest BCUT2D eigenvalue weighted by atomic mass is 10.2. The molecule has 0 aliphatic carbocycles. The van der Waals surface area contributed by atoms with Crippen molar-refractivity contribution in [2.24, 2.45) is 0 Å². The molecule has 0 aliphatic heterocycles. The smallest absolute Gasteiger partial charge is 0.387 e. The van der Waals surface area contributed by atoms with Crippen LogP contribution in [0.2, 0.25) is 5.02 Å². The Hall–Kier alpha value is -1.79. The fraction of sp³-hybridized carbons (Fsp3) is 0.250. The second-order valence-corrected chi connectivity index (χ2v) is 9.98. The van der Waals surface area contributed by atoms with E-state index in [0.717, 1.165) is 22.5 Å². The van der Waals surface area contributed by atoms with Crippen molar-refractivity contribution in [3.63, 3.8) is 0 Å². The highest BCUT2D eigenvalue weighted by atomic mass is 35.5. The lowest BCUT2D eigenvalue weighted by molar-refractivity contribution is -0.0498. The molecule has 2 aromatic rings. The van der Waals surface area contributed by atoms with Gasteiger partial charge in [-0.15, -0.1) is 0 Å². The third-order valence-corrected chi connectivity index (χ3v) is 7.22. The largest absolute Gasteiger partial charge is 0.433 e. The van der Waals surface area contributed by atoms with Crippen LogP contribution < -0.4 is 9.46 Å². The predicted octanol–water partition coefficient (Wildman–Crippen LogP) is 2.67. The third kappa shape index (κ3) is 5.17. The molecule has 0 bridgehead atoms. The lowest BCUT2D eigenvalue weighted by Gasteiger charge is -2.15. The van der Waals surface area contributed by atoms with E-state index in [0.29, 0.717) is 0 Å². The summed E-state index contributed by atoms with van der Waals surface area (Å²) >= 11 is 5.78. The Morgan fingerprint density at radius 3 is 2.32 bits per heavy atom. The molecule has 1 N–H and O–H groups in total. The number of alkyl halides is 2. The van der Waals surface area contributed by atoms with Gasteiger partial charge in [0.2, 0.25) is 20.0 Å². The van der Waals surface area contributed by atoms with Gasteiger partial charge in [0.1, 0.15) is 5.75 Å². The molecule has 28 heavy (non-hydrogen) atoms. The van der Waals surface area contributed by atoms with Crippen LogP contribution >= 0.6 is 11.6 Å². The van der Waals surface area contributed by atoms with Crippen molar-refractivity contribution in [2.75, 3.05) is 14.1 Å². The van der Waals surface area contributed by atoms with Crippen molar-refractivity contribution in [2.45, 2.75) is 22.9 Å². The molecular weight excluding hydrogens is 438 g/mol.